The molecule has 0 spiro atoms. The second-order valence-corrected chi connectivity index (χ2v) is 7.66. The molecule has 2 rings (SSSR count). The average molecular weight is 437 g/mol. The molecule has 1 aliphatic heterocycles. The first-order valence-corrected chi connectivity index (χ1v) is 8.14. The van der Waals surface area contributed by atoms with Gasteiger partial charge in [-0.1, -0.05) is 15.9 Å². The molecule has 0 unspecified atom stereocenters. The maximum atomic E-state index is 12.6. The fraction of sp³-hybridized carbons (Fsp3) is 0.500. The molecule has 0 aromatic heterocycles. The van der Waals surface area contributed by atoms with Crippen molar-refractivity contribution >= 4 is 44.4 Å². The Hall–Kier alpha value is -0.140. The Balaban J connectivity index is 2.23. The molecule has 0 bridgehead atoms. The number of hydrogen-bond donors (Lipinski definition) is 0. The number of rotatable bonds is 1. The molecular weight excluding hydrogens is 419 g/mol. The van der Waals surface area contributed by atoms with Crippen LogP contribution in [0.1, 0.15) is 24.2 Å². The molecule has 3 nitrogen and oxygen atoms in total. The summed E-state index contributed by atoms with van der Waals surface area (Å²) in [6, 6.07) is 5.85. The lowest BCUT2D eigenvalue weighted by Crippen LogP contribution is -2.58. The summed E-state index contributed by atoms with van der Waals surface area (Å²) in [6.45, 7) is 6.84. The van der Waals surface area contributed by atoms with Crippen molar-refractivity contribution < 1.29 is 4.79 Å². The predicted molar refractivity (Wildman–Crippen MR) is 89.5 cm³/mol. The number of hydrogen-bond acceptors (Lipinski definition) is 2. The van der Waals surface area contributed by atoms with Crippen LogP contribution in [-0.4, -0.2) is 47.9 Å². The van der Waals surface area contributed by atoms with Crippen molar-refractivity contribution in [2.24, 2.45) is 0 Å². The highest BCUT2D eigenvalue weighted by molar-refractivity contribution is 14.1. The molecule has 1 fully saturated rings. The van der Waals surface area contributed by atoms with Crippen molar-refractivity contribution in [3.05, 3.63) is 31.8 Å². The molecule has 0 atom stereocenters. The number of halogens is 2. The van der Waals surface area contributed by atoms with Crippen LogP contribution in [0.25, 0.3) is 0 Å². The molecule has 1 heterocycles. The molecule has 0 radical (unpaired) electrons. The van der Waals surface area contributed by atoms with E-state index in [1.165, 1.54) is 0 Å². The normalized spacial score (nSPS) is 19.5. The van der Waals surface area contributed by atoms with Gasteiger partial charge in [0.25, 0.3) is 5.91 Å². The summed E-state index contributed by atoms with van der Waals surface area (Å²) in [5.41, 5.74) is 0.820. The Labute approximate surface area is 136 Å². The second kappa shape index (κ2) is 5.69. The third-order valence-corrected chi connectivity index (χ3v) is 5.20. The molecule has 1 saturated heterocycles. The van der Waals surface area contributed by atoms with Crippen molar-refractivity contribution in [3.63, 3.8) is 0 Å². The van der Waals surface area contributed by atoms with Gasteiger partial charge in [-0.15, -0.1) is 0 Å². The van der Waals surface area contributed by atoms with Crippen molar-refractivity contribution in [1.82, 2.24) is 9.80 Å². The Kier molecular flexibility index (Phi) is 4.57. The van der Waals surface area contributed by atoms with Crippen molar-refractivity contribution in [3.8, 4) is 0 Å². The molecule has 5 heteroatoms. The summed E-state index contributed by atoms with van der Waals surface area (Å²) >= 11 is 5.66. The van der Waals surface area contributed by atoms with Crippen LogP contribution in [-0.2, 0) is 0 Å². The summed E-state index contributed by atoms with van der Waals surface area (Å²) in [6.07, 6.45) is 0. The number of amides is 1. The number of nitrogens with zero attached hydrogens (tertiary/aromatic N) is 2. The monoisotopic (exact) mass is 436 g/mol. The quantitative estimate of drug-likeness (QED) is 0.631. The lowest BCUT2D eigenvalue weighted by atomic mass is 9.99. The minimum atomic E-state index is 0.0331. The largest absolute Gasteiger partial charge is 0.335 e. The highest BCUT2D eigenvalue weighted by Crippen LogP contribution is 2.24. The van der Waals surface area contributed by atoms with Crippen LogP contribution in [0.2, 0.25) is 0 Å². The molecule has 1 amide bonds. The molecule has 1 aromatic rings. The van der Waals surface area contributed by atoms with E-state index in [2.05, 4.69) is 64.3 Å². The number of benzene rings is 1. The van der Waals surface area contributed by atoms with E-state index in [9.17, 15) is 4.79 Å². The van der Waals surface area contributed by atoms with E-state index in [0.717, 1.165) is 33.2 Å². The van der Waals surface area contributed by atoms with Gasteiger partial charge >= 0.3 is 0 Å². The summed E-state index contributed by atoms with van der Waals surface area (Å²) in [7, 11) is 2.12. The minimum Gasteiger partial charge on any atom is -0.335 e. The number of piperazine rings is 1. The Morgan fingerprint density at radius 1 is 1.37 bits per heavy atom. The molecule has 0 saturated carbocycles. The Bertz CT molecular complexity index is 504. The summed E-state index contributed by atoms with van der Waals surface area (Å²) in [5, 5.41) is 0. The number of carbonyl (C=O) groups excluding carboxylic acids is 1. The first-order chi connectivity index (χ1) is 8.81. The van der Waals surface area contributed by atoms with Gasteiger partial charge in [0, 0.05) is 33.2 Å². The van der Waals surface area contributed by atoms with E-state index in [1.807, 2.05) is 23.1 Å². The van der Waals surface area contributed by atoms with E-state index in [-0.39, 0.29) is 11.4 Å². The molecule has 104 valence electrons. The summed E-state index contributed by atoms with van der Waals surface area (Å²) < 4.78 is 1.95. The van der Waals surface area contributed by atoms with Crippen LogP contribution in [0.15, 0.2) is 22.7 Å². The molecule has 19 heavy (non-hydrogen) atoms. The molecule has 1 aliphatic rings. The zero-order chi connectivity index (χ0) is 14.2. The van der Waals surface area contributed by atoms with Crippen LogP contribution in [0.4, 0.5) is 0 Å². The number of carbonyl (C=O) groups is 1. The third-order valence-electron chi connectivity index (χ3n) is 3.76. The Morgan fingerprint density at radius 2 is 2.05 bits per heavy atom. The van der Waals surface area contributed by atoms with Gasteiger partial charge < -0.3 is 4.90 Å². The average Bonchev–Trinajstić information content (AvgIpc) is 2.35. The molecular formula is C14H18BrIN2O. The van der Waals surface area contributed by atoms with Gasteiger partial charge in [0.15, 0.2) is 0 Å². The minimum absolute atomic E-state index is 0.0331. The van der Waals surface area contributed by atoms with E-state index in [1.54, 1.807) is 0 Å². The second-order valence-electron chi connectivity index (χ2n) is 5.58. The van der Waals surface area contributed by atoms with Gasteiger partial charge in [-0.05, 0) is 61.7 Å². The highest BCUT2D eigenvalue weighted by Gasteiger charge is 2.33. The van der Waals surface area contributed by atoms with E-state index >= 15 is 0 Å². The zero-order valence-corrected chi connectivity index (χ0v) is 15.2. The molecule has 0 N–H and O–H groups in total. The van der Waals surface area contributed by atoms with Gasteiger partial charge in [0.05, 0.1) is 5.56 Å². The van der Waals surface area contributed by atoms with Gasteiger partial charge in [0.1, 0.15) is 0 Å². The lowest BCUT2D eigenvalue weighted by Gasteiger charge is -2.45. The van der Waals surface area contributed by atoms with Gasteiger partial charge in [-0.2, -0.15) is 0 Å². The fourth-order valence-corrected chi connectivity index (χ4v) is 3.17. The predicted octanol–water partition coefficient (Wildman–Crippen LogP) is 3.22. The van der Waals surface area contributed by atoms with E-state index in [0.29, 0.717) is 0 Å². The Morgan fingerprint density at radius 3 is 2.68 bits per heavy atom. The van der Waals surface area contributed by atoms with Crippen LogP contribution in [0, 0.1) is 3.57 Å². The first-order valence-electron chi connectivity index (χ1n) is 6.27. The topological polar surface area (TPSA) is 23.6 Å². The maximum Gasteiger partial charge on any atom is 0.255 e. The van der Waals surface area contributed by atoms with Crippen LogP contribution in [0.3, 0.4) is 0 Å². The maximum absolute atomic E-state index is 12.6. The third kappa shape index (κ3) is 3.31. The first kappa shape index (κ1) is 15.3. The molecule has 1 aromatic carbocycles. The van der Waals surface area contributed by atoms with E-state index < -0.39 is 0 Å². The van der Waals surface area contributed by atoms with Crippen molar-refractivity contribution in [1.29, 1.82) is 0 Å². The van der Waals surface area contributed by atoms with Crippen molar-refractivity contribution in [2.75, 3.05) is 26.7 Å². The van der Waals surface area contributed by atoms with Crippen LogP contribution >= 0.6 is 38.5 Å². The van der Waals surface area contributed by atoms with Gasteiger partial charge in [-0.25, -0.2) is 0 Å². The zero-order valence-electron chi connectivity index (χ0n) is 11.4. The van der Waals surface area contributed by atoms with Crippen LogP contribution in [0.5, 0.6) is 0 Å². The van der Waals surface area contributed by atoms with Gasteiger partial charge in [-0.3, -0.25) is 9.69 Å². The highest BCUT2D eigenvalue weighted by atomic mass is 127. The van der Waals surface area contributed by atoms with Crippen LogP contribution < -0.4 is 0 Å². The SMILES string of the molecule is CN1CCN(C(=O)c2cc(Br)ccc2I)CC1(C)C. The standard InChI is InChI=1S/C14H18BrIN2O/c1-14(2)9-18(7-6-17(14)3)13(19)11-8-10(15)4-5-12(11)16/h4-5,8H,6-7,9H2,1-3H3. The molecule has 0 aliphatic carbocycles. The summed E-state index contributed by atoms with van der Waals surface area (Å²) in [5.74, 6) is 0.131. The smallest absolute Gasteiger partial charge is 0.255 e. The fourth-order valence-electron chi connectivity index (χ4n) is 2.25. The summed E-state index contributed by atoms with van der Waals surface area (Å²) in [4.78, 5) is 16.9. The lowest BCUT2D eigenvalue weighted by molar-refractivity contribution is 0.0310. The van der Waals surface area contributed by atoms with E-state index in [4.69, 9.17) is 0 Å². The number of likely N-dealkylation sites (N-methyl/N-ethyl adjacent to an activating group) is 1. The van der Waals surface area contributed by atoms with Gasteiger partial charge in [0.2, 0.25) is 0 Å². The van der Waals surface area contributed by atoms with Crippen molar-refractivity contribution in [2.45, 2.75) is 19.4 Å².